The molecular formula is C15H12N4O2. The lowest BCUT2D eigenvalue weighted by molar-refractivity contribution is 0.397. The zero-order chi connectivity index (χ0) is 14.7. The van der Waals surface area contributed by atoms with Crippen molar-refractivity contribution in [1.82, 2.24) is 19.9 Å². The van der Waals surface area contributed by atoms with Crippen LogP contribution in [-0.4, -0.2) is 27.0 Å². The third-order valence-corrected chi connectivity index (χ3v) is 2.90. The Kier molecular flexibility index (Phi) is 3.42. The molecule has 0 atom stereocenters. The van der Waals surface area contributed by atoms with Crippen LogP contribution in [0.25, 0.3) is 22.8 Å². The van der Waals surface area contributed by atoms with Crippen LogP contribution in [0.15, 0.2) is 53.6 Å². The van der Waals surface area contributed by atoms with Gasteiger partial charge in [0.1, 0.15) is 12.0 Å². The highest BCUT2D eigenvalue weighted by atomic mass is 16.5. The Morgan fingerprint density at radius 1 is 1.05 bits per heavy atom. The molecule has 0 saturated heterocycles. The number of methoxy groups -OCH3 is 1. The molecule has 2 heterocycles. The summed E-state index contributed by atoms with van der Waals surface area (Å²) in [5, 5.41) is 0. The van der Waals surface area contributed by atoms with Crippen molar-refractivity contribution in [3.63, 3.8) is 0 Å². The van der Waals surface area contributed by atoms with Crippen LogP contribution in [0.2, 0.25) is 0 Å². The number of hydrogen-bond donors (Lipinski definition) is 1. The lowest BCUT2D eigenvalue weighted by Gasteiger charge is -2.05. The molecule has 0 bridgehead atoms. The van der Waals surface area contributed by atoms with E-state index in [0.717, 1.165) is 5.56 Å². The first-order valence-corrected chi connectivity index (χ1v) is 6.29. The van der Waals surface area contributed by atoms with E-state index in [1.807, 2.05) is 30.3 Å². The summed E-state index contributed by atoms with van der Waals surface area (Å²) < 4.78 is 5.05. The maximum atomic E-state index is 11.8. The van der Waals surface area contributed by atoms with Crippen molar-refractivity contribution in [3.05, 3.63) is 59.1 Å². The second-order valence-corrected chi connectivity index (χ2v) is 4.29. The lowest BCUT2D eigenvalue weighted by Crippen LogP contribution is -2.09. The molecule has 6 heteroatoms. The van der Waals surface area contributed by atoms with Gasteiger partial charge in [0.05, 0.1) is 12.8 Å². The Hall–Kier alpha value is -3.02. The van der Waals surface area contributed by atoms with Crippen molar-refractivity contribution in [2.45, 2.75) is 0 Å². The van der Waals surface area contributed by atoms with Crippen LogP contribution in [-0.2, 0) is 0 Å². The number of H-pyrrole nitrogens is 1. The highest BCUT2D eigenvalue weighted by Gasteiger charge is 2.08. The molecule has 0 saturated carbocycles. The second-order valence-electron chi connectivity index (χ2n) is 4.29. The zero-order valence-corrected chi connectivity index (χ0v) is 11.3. The number of aromatic nitrogens is 4. The molecule has 0 fully saturated rings. The fraction of sp³-hybridized carbons (Fsp3) is 0.0667. The van der Waals surface area contributed by atoms with Crippen molar-refractivity contribution in [2.75, 3.05) is 7.11 Å². The topological polar surface area (TPSA) is 80.8 Å². The van der Waals surface area contributed by atoms with Crippen molar-refractivity contribution in [3.8, 4) is 28.7 Å². The molecule has 3 aromatic rings. The predicted octanol–water partition coefficient (Wildman–Crippen LogP) is 1.90. The zero-order valence-electron chi connectivity index (χ0n) is 11.3. The fourth-order valence-corrected chi connectivity index (χ4v) is 1.92. The molecule has 0 radical (unpaired) electrons. The highest BCUT2D eigenvalue weighted by Crippen LogP contribution is 2.19. The Morgan fingerprint density at radius 3 is 2.62 bits per heavy atom. The summed E-state index contributed by atoms with van der Waals surface area (Å²) >= 11 is 0. The van der Waals surface area contributed by atoms with E-state index < -0.39 is 0 Å². The molecule has 0 aliphatic rings. The maximum absolute atomic E-state index is 11.8. The molecule has 6 nitrogen and oxygen atoms in total. The highest BCUT2D eigenvalue weighted by molar-refractivity contribution is 5.61. The standard InChI is InChI=1S/C15H12N4O2/c1-21-14-8-12(16-9-17-14)15-18-11(7-13(20)19-15)10-5-3-2-4-6-10/h2-9H,1H3,(H,18,19,20). The minimum Gasteiger partial charge on any atom is -0.481 e. The van der Waals surface area contributed by atoms with E-state index in [1.54, 1.807) is 6.07 Å². The molecule has 2 aromatic heterocycles. The SMILES string of the molecule is COc1cc(-c2nc(-c3ccccc3)cc(=O)[nH]2)ncn1. The van der Waals surface area contributed by atoms with Gasteiger partial charge in [0.15, 0.2) is 5.82 Å². The molecule has 1 aromatic carbocycles. The Morgan fingerprint density at radius 2 is 1.86 bits per heavy atom. The van der Waals surface area contributed by atoms with Gasteiger partial charge in [-0.05, 0) is 0 Å². The average Bonchev–Trinajstić information content (AvgIpc) is 2.55. The molecule has 0 aliphatic heterocycles. The van der Waals surface area contributed by atoms with E-state index in [2.05, 4.69) is 19.9 Å². The van der Waals surface area contributed by atoms with Crippen molar-refractivity contribution in [1.29, 1.82) is 0 Å². The van der Waals surface area contributed by atoms with Gasteiger partial charge in [-0.15, -0.1) is 0 Å². The normalized spacial score (nSPS) is 10.3. The van der Waals surface area contributed by atoms with Crippen LogP contribution >= 0.6 is 0 Å². The molecule has 0 spiro atoms. The smallest absolute Gasteiger partial charge is 0.251 e. The van der Waals surface area contributed by atoms with Gasteiger partial charge in [-0.3, -0.25) is 4.79 Å². The van der Waals surface area contributed by atoms with Gasteiger partial charge in [-0.25, -0.2) is 15.0 Å². The number of ether oxygens (including phenoxy) is 1. The summed E-state index contributed by atoms with van der Waals surface area (Å²) in [5.41, 5.74) is 1.71. The minimum atomic E-state index is -0.239. The molecule has 0 aliphatic carbocycles. The van der Waals surface area contributed by atoms with Gasteiger partial charge in [0, 0.05) is 17.7 Å². The summed E-state index contributed by atoms with van der Waals surface area (Å²) in [6, 6.07) is 12.6. The van der Waals surface area contributed by atoms with Gasteiger partial charge >= 0.3 is 0 Å². The predicted molar refractivity (Wildman–Crippen MR) is 77.9 cm³/mol. The van der Waals surface area contributed by atoms with Gasteiger partial charge < -0.3 is 9.72 Å². The number of hydrogen-bond acceptors (Lipinski definition) is 5. The monoisotopic (exact) mass is 280 g/mol. The molecule has 21 heavy (non-hydrogen) atoms. The molecule has 104 valence electrons. The van der Waals surface area contributed by atoms with E-state index in [0.29, 0.717) is 23.1 Å². The van der Waals surface area contributed by atoms with Gasteiger partial charge in [0.2, 0.25) is 5.88 Å². The summed E-state index contributed by atoms with van der Waals surface area (Å²) in [4.78, 5) is 27.0. The van der Waals surface area contributed by atoms with Crippen LogP contribution in [0.3, 0.4) is 0 Å². The molecule has 1 N–H and O–H groups in total. The third-order valence-electron chi connectivity index (χ3n) is 2.90. The summed E-state index contributed by atoms with van der Waals surface area (Å²) in [7, 11) is 1.52. The molecule has 0 amide bonds. The average molecular weight is 280 g/mol. The van der Waals surface area contributed by atoms with Crippen LogP contribution in [0, 0.1) is 0 Å². The molecule has 3 rings (SSSR count). The Labute approximate surface area is 120 Å². The van der Waals surface area contributed by atoms with Gasteiger partial charge in [0.25, 0.3) is 5.56 Å². The first-order chi connectivity index (χ1) is 10.3. The van der Waals surface area contributed by atoms with E-state index in [4.69, 9.17) is 4.74 Å². The van der Waals surface area contributed by atoms with E-state index in [-0.39, 0.29) is 5.56 Å². The number of benzene rings is 1. The Bertz CT molecular complexity index is 815. The van der Waals surface area contributed by atoms with E-state index in [1.165, 1.54) is 19.5 Å². The first-order valence-electron chi connectivity index (χ1n) is 6.29. The maximum Gasteiger partial charge on any atom is 0.251 e. The number of nitrogens with zero attached hydrogens (tertiary/aromatic N) is 3. The molecular weight excluding hydrogens is 268 g/mol. The van der Waals surface area contributed by atoms with Crippen LogP contribution < -0.4 is 10.3 Å². The number of rotatable bonds is 3. The third kappa shape index (κ3) is 2.79. The van der Waals surface area contributed by atoms with Gasteiger partial charge in [-0.2, -0.15) is 0 Å². The van der Waals surface area contributed by atoms with Crippen LogP contribution in [0.1, 0.15) is 0 Å². The van der Waals surface area contributed by atoms with Crippen molar-refractivity contribution >= 4 is 0 Å². The van der Waals surface area contributed by atoms with Crippen LogP contribution in [0.5, 0.6) is 5.88 Å². The van der Waals surface area contributed by atoms with Gasteiger partial charge in [-0.1, -0.05) is 30.3 Å². The van der Waals surface area contributed by atoms with E-state index in [9.17, 15) is 4.79 Å². The number of nitrogens with one attached hydrogen (secondary N) is 1. The molecule has 0 unspecified atom stereocenters. The summed E-state index contributed by atoms with van der Waals surface area (Å²) in [6.07, 6.45) is 1.36. The largest absolute Gasteiger partial charge is 0.481 e. The summed E-state index contributed by atoms with van der Waals surface area (Å²) in [6.45, 7) is 0. The van der Waals surface area contributed by atoms with Crippen molar-refractivity contribution < 1.29 is 4.74 Å². The summed E-state index contributed by atoms with van der Waals surface area (Å²) in [5.74, 6) is 0.787. The minimum absolute atomic E-state index is 0.239. The quantitative estimate of drug-likeness (QED) is 0.792. The fourth-order valence-electron chi connectivity index (χ4n) is 1.92. The second kappa shape index (κ2) is 5.54. The lowest BCUT2D eigenvalue weighted by atomic mass is 10.1. The van der Waals surface area contributed by atoms with Crippen molar-refractivity contribution in [2.24, 2.45) is 0 Å². The number of aromatic amines is 1. The van der Waals surface area contributed by atoms with E-state index >= 15 is 0 Å². The first kappa shape index (κ1) is 13.0. The van der Waals surface area contributed by atoms with Crippen LogP contribution in [0.4, 0.5) is 0 Å². The Balaban J connectivity index is 2.12.